The molecule has 1 heteroatoms. The molecule has 0 atom stereocenters. The lowest BCUT2D eigenvalue weighted by Gasteiger charge is -2.14. The van der Waals surface area contributed by atoms with Crippen molar-refractivity contribution in [3.8, 4) is 16.8 Å². The fourth-order valence-corrected chi connectivity index (χ4v) is 4.15. The first-order chi connectivity index (χ1) is 12.9. The Morgan fingerprint density at radius 1 is 0.593 bits per heavy atom. The summed E-state index contributed by atoms with van der Waals surface area (Å²) in [5.41, 5.74) is 11.7. The highest BCUT2D eigenvalue weighted by atomic mass is 15.0. The van der Waals surface area contributed by atoms with Gasteiger partial charge in [0.05, 0.1) is 5.39 Å². The zero-order valence-electron chi connectivity index (χ0n) is 16.8. The minimum Gasteiger partial charge on any atom is -0.160 e. The highest BCUT2D eigenvalue weighted by Crippen LogP contribution is 2.33. The average molecular weight is 353 g/mol. The molecule has 3 aromatic carbocycles. The van der Waals surface area contributed by atoms with Gasteiger partial charge in [0, 0.05) is 29.8 Å². The van der Waals surface area contributed by atoms with E-state index in [4.69, 9.17) is 0 Å². The predicted octanol–water partition coefficient (Wildman–Crippen LogP) is 6.33. The van der Waals surface area contributed by atoms with Gasteiger partial charge in [-0.2, -0.15) is 4.57 Å². The van der Waals surface area contributed by atoms with E-state index in [0.717, 1.165) is 0 Å². The van der Waals surface area contributed by atoms with Gasteiger partial charge in [0.1, 0.15) is 0 Å². The van der Waals surface area contributed by atoms with Gasteiger partial charge in [-0.1, -0.05) is 47.0 Å². The number of hydrogen-bond donors (Lipinski definition) is 0. The molecule has 0 N–H and O–H groups in total. The Morgan fingerprint density at radius 3 is 1.89 bits per heavy atom. The lowest BCUT2D eigenvalue weighted by atomic mass is 9.91. The van der Waals surface area contributed by atoms with Crippen LogP contribution in [0.1, 0.15) is 27.8 Å². The second-order valence-electron chi connectivity index (χ2n) is 7.73. The third-order valence-electron chi connectivity index (χ3n) is 5.35. The summed E-state index contributed by atoms with van der Waals surface area (Å²) < 4.78 is 2.29. The maximum Gasteiger partial charge on any atom is 0.219 e. The van der Waals surface area contributed by atoms with Gasteiger partial charge in [-0.3, -0.25) is 0 Å². The molecular weight excluding hydrogens is 326 g/mol. The molecule has 134 valence electrons. The van der Waals surface area contributed by atoms with Crippen LogP contribution < -0.4 is 4.57 Å². The third-order valence-corrected chi connectivity index (χ3v) is 5.35. The van der Waals surface area contributed by atoms with E-state index in [2.05, 4.69) is 106 Å². The number of aryl methyl sites for hydroxylation is 5. The summed E-state index contributed by atoms with van der Waals surface area (Å²) in [5, 5.41) is 1.30. The maximum absolute atomic E-state index is 2.31. The first kappa shape index (κ1) is 17.5. The molecule has 0 radical (unpaired) electrons. The molecule has 0 saturated heterocycles. The monoisotopic (exact) mass is 352 g/mol. The van der Waals surface area contributed by atoms with Crippen LogP contribution in [0, 0.1) is 34.6 Å². The maximum atomic E-state index is 2.31. The van der Waals surface area contributed by atoms with Crippen LogP contribution >= 0.6 is 0 Å². The fraction of sp³-hybridized carbons (Fsp3) is 0.192. The number of rotatable bonds is 2. The molecule has 27 heavy (non-hydrogen) atoms. The molecule has 0 aliphatic carbocycles. The Balaban J connectivity index is 2.04. The highest BCUT2D eigenvalue weighted by Gasteiger charge is 2.18. The predicted molar refractivity (Wildman–Crippen MR) is 115 cm³/mol. The Bertz CT molecular complexity index is 1130. The van der Waals surface area contributed by atoms with Crippen LogP contribution in [0.5, 0.6) is 0 Å². The Morgan fingerprint density at radius 2 is 1.22 bits per heavy atom. The number of hydrogen-bond acceptors (Lipinski definition) is 0. The Hall–Kier alpha value is -2.93. The van der Waals surface area contributed by atoms with E-state index in [1.54, 1.807) is 0 Å². The molecule has 4 aromatic rings. The summed E-state index contributed by atoms with van der Waals surface area (Å²) in [6.07, 6.45) is 2.20. The Kier molecular flexibility index (Phi) is 4.31. The molecule has 0 aliphatic heterocycles. The van der Waals surface area contributed by atoms with E-state index in [9.17, 15) is 0 Å². The summed E-state index contributed by atoms with van der Waals surface area (Å²) in [7, 11) is 0. The van der Waals surface area contributed by atoms with E-state index < -0.39 is 0 Å². The van der Waals surface area contributed by atoms with Crippen LogP contribution in [0.15, 0.2) is 66.9 Å². The zero-order chi connectivity index (χ0) is 19.1. The van der Waals surface area contributed by atoms with Crippen LogP contribution in [0.25, 0.3) is 27.7 Å². The summed E-state index contributed by atoms with van der Waals surface area (Å²) >= 11 is 0. The molecule has 1 aromatic heterocycles. The van der Waals surface area contributed by atoms with Crippen molar-refractivity contribution >= 4 is 10.9 Å². The Labute approximate surface area is 161 Å². The van der Waals surface area contributed by atoms with E-state index >= 15 is 0 Å². The van der Waals surface area contributed by atoms with Crippen LogP contribution in [0.2, 0.25) is 0 Å². The molecule has 1 nitrogen and oxygen atoms in total. The van der Waals surface area contributed by atoms with Gasteiger partial charge in [0.2, 0.25) is 11.2 Å². The number of fused-ring (bicyclic) bond motifs is 1. The summed E-state index contributed by atoms with van der Waals surface area (Å²) in [6, 6.07) is 22.3. The quantitative estimate of drug-likeness (QED) is 0.371. The van der Waals surface area contributed by atoms with Crippen LogP contribution in [0.3, 0.4) is 0 Å². The molecular formula is C26H26N+. The first-order valence-corrected chi connectivity index (χ1v) is 9.54. The zero-order valence-corrected chi connectivity index (χ0v) is 16.8. The molecule has 1 heterocycles. The second kappa shape index (κ2) is 6.66. The van der Waals surface area contributed by atoms with Crippen molar-refractivity contribution in [1.82, 2.24) is 0 Å². The smallest absolute Gasteiger partial charge is 0.160 e. The topological polar surface area (TPSA) is 3.88 Å². The molecule has 0 fully saturated rings. The van der Waals surface area contributed by atoms with Crippen LogP contribution in [0.4, 0.5) is 0 Å². The van der Waals surface area contributed by atoms with Crippen molar-refractivity contribution in [1.29, 1.82) is 0 Å². The van der Waals surface area contributed by atoms with Crippen molar-refractivity contribution in [3.05, 3.63) is 94.7 Å². The number of pyridine rings is 1. The lowest BCUT2D eigenvalue weighted by Crippen LogP contribution is -2.31. The fourth-order valence-electron chi connectivity index (χ4n) is 4.15. The number of aromatic nitrogens is 1. The summed E-state index contributed by atoms with van der Waals surface area (Å²) in [5.74, 6) is 0. The molecule has 0 spiro atoms. The SMILES string of the molecule is Cc1ccc(-[n+]2ccc(-c3c(C)cc(C)cc3C)c3cc(C)ccc32)cc1. The van der Waals surface area contributed by atoms with Crippen LogP contribution in [-0.2, 0) is 0 Å². The van der Waals surface area contributed by atoms with Gasteiger partial charge in [0.25, 0.3) is 0 Å². The van der Waals surface area contributed by atoms with Crippen molar-refractivity contribution in [3.63, 3.8) is 0 Å². The van der Waals surface area contributed by atoms with Gasteiger partial charge in [0.15, 0.2) is 6.20 Å². The van der Waals surface area contributed by atoms with Crippen molar-refractivity contribution in [2.75, 3.05) is 0 Å². The van der Waals surface area contributed by atoms with Crippen molar-refractivity contribution in [2.45, 2.75) is 34.6 Å². The molecule has 0 aliphatic rings. The molecule has 0 saturated carbocycles. The number of benzene rings is 3. The largest absolute Gasteiger partial charge is 0.219 e. The normalized spacial score (nSPS) is 11.1. The van der Waals surface area contributed by atoms with Gasteiger partial charge in [-0.15, -0.1) is 0 Å². The van der Waals surface area contributed by atoms with Gasteiger partial charge >= 0.3 is 0 Å². The lowest BCUT2D eigenvalue weighted by molar-refractivity contribution is -0.567. The van der Waals surface area contributed by atoms with E-state index in [1.807, 2.05) is 0 Å². The van der Waals surface area contributed by atoms with Gasteiger partial charge in [-0.25, -0.2) is 0 Å². The highest BCUT2D eigenvalue weighted by molar-refractivity contribution is 5.95. The third kappa shape index (κ3) is 3.14. The van der Waals surface area contributed by atoms with E-state index in [0.29, 0.717) is 0 Å². The van der Waals surface area contributed by atoms with Gasteiger partial charge in [-0.05, 0) is 57.4 Å². The summed E-state index contributed by atoms with van der Waals surface area (Å²) in [6.45, 7) is 10.9. The first-order valence-electron chi connectivity index (χ1n) is 9.54. The molecule has 0 bridgehead atoms. The van der Waals surface area contributed by atoms with Crippen LogP contribution in [-0.4, -0.2) is 0 Å². The van der Waals surface area contributed by atoms with E-state index in [-0.39, 0.29) is 0 Å². The standard InChI is InChI=1S/C26H26N/c1-17-6-9-22(10-7-17)27-13-12-23(24-16-18(2)8-11-25(24)27)26-20(4)14-19(3)15-21(26)5/h6-16H,1-5H3/q+1. The second-order valence-corrected chi connectivity index (χ2v) is 7.73. The van der Waals surface area contributed by atoms with Crippen molar-refractivity contribution in [2.24, 2.45) is 0 Å². The molecule has 0 amide bonds. The van der Waals surface area contributed by atoms with Crippen molar-refractivity contribution < 1.29 is 4.57 Å². The van der Waals surface area contributed by atoms with Gasteiger partial charge < -0.3 is 0 Å². The average Bonchev–Trinajstić information content (AvgIpc) is 2.62. The minimum atomic E-state index is 1.19. The molecule has 0 unspecified atom stereocenters. The molecule has 4 rings (SSSR count). The number of nitrogens with zero attached hydrogens (tertiary/aromatic N) is 1. The minimum absolute atomic E-state index is 1.19. The summed E-state index contributed by atoms with van der Waals surface area (Å²) in [4.78, 5) is 0. The van der Waals surface area contributed by atoms with E-state index in [1.165, 1.54) is 55.5 Å².